The Labute approximate surface area is 143 Å². The molecule has 0 aromatic carbocycles. The van der Waals surface area contributed by atoms with Crippen LogP contribution in [0.3, 0.4) is 0 Å². The molecule has 1 saturated heterocycles. The van der Waals surface area contributed by atoms with Crippen molar-refractivity contribution < 1.29 is 9.53 Å². The van der Waals surface area contributed by atoms with Crippen LogP contribution in [0.25, 0.3) is 0 Å². The van der Waals surface area contributed by atoms with Crippen molar-refractivity contribution in [2.75, 3.05) is 31.6 Å². The smallest absolute Gasteiger partial charge is 0.255 e. The van der Waals surface area contributed by atoms with Gasteiger partial charge in [0.15, 0.2) is 0 Å². The van der Waals surface area contributed by atoms with E-state index in [1.165, 1.54) is 0 Å². The number of anilines is 1. The first kappa shape index (κ1) is 18.0. The van der Waals surface area contributed by atoms with E-state index in [9.17, 15) is 4.79 Å². The second kappa shape index (κ2) is 8.50. The van der Waals surface area contributed by atoms with Crippen LogP contribution in [0.15, 0.2) is 12.3 Å². The number of aromatic nitrogens is 1. The predicted octanol–water partition coefficient (Wildman–Crippen LogP) is 3.44. The third-order valence-electron chi connectivity index (χ3n) is 3.95. The quantitative estimate of drug-likeness (QED) is 0.862. The molecule has 1 aromatic heterocycles. The van der Waals surface area contributed by atoms with Crippen LogP contribution in [0.4, 0.5) is 5.82 Å². The molecule has 0 bridgehead atoms. The van der Waals surface area contributed by atoms with Gasteiger partial charge >= 0.3 is 0 Å². The predicted molar refractivity (Wildman–Crippen MR) is 93.1 cm³/mol. The Kier molecular flexibility index (Phi) is 6.66. The van der Waals surface area contributed by atoms with Gasteiger partial charge in [-0.05, 0) is 31.7 Å². The molecule has 0 spiro atoms. The van der Waals surface area contributed by atoms with Crippen molar-refractivity contribution in [1.29, 1.82) is 0 Å². The Morgan fingerprint density at radius 1 is 1.35 bits per heavy atom. The molecule has 1 fully saturated rings. The minimum Gasteiger partial charge on any atom is -0.378 e. The Balaban J connectivity index is 1.98. The number of halogens is 1. The number of hydrogen-bond acceptors (Lipinski definition) is 4. The lowest BCUT2D eigenvalue weighted by Gasteiger charge is -2.27. The SMILES string of the molecule is CC(C)CCC(C)Nc1ncc(C(=O)N2CCOCC2)cc1Cl. The van der Waals surface area contributed by atoms with E-state index < -0.39 is 0 Å². The maximum Gasteiger partial charge on any atom is 0.255 e. The summed E-state index contributed by atoms with van der Waals surface area (Å²) in [6.07, 6.45) is 3.81. The number of ether oxygens (including phenoxy) is 1. The summed E-state index contributed by atoms with van der Waals surface area (Å²) in [4.78, 5) is 18.5. The highest BCUT2D eigenvalue weighted by Gasteiger charge is 2.20. The van der Waals surface area contributed by atoms with Crippen molar-refractivity contribution in [1.82, 2.24) is 9.88 Å². The number of pyridine rings is 1. The first-order valence-electron chi connectivity index (χ1n) is 8.26. The van der Waals surface area contributed by atoms with E-state index in [1.807, 2.05) is 0 Å². The van der Waals surface area contributed by atoms with E-state index in [0.717, 1.165) is 12.8 Å². The van der Waals surface area contributed by atoms with Crippen LogP contribution in [-0.2, 0) is 4.74 Å². The lowest BCUT2D eigenvalue weighted by molar-refractivity contribution is 0.0302. The second-order valence-electron chi connectivity index (χ2n) is 6.48. The summed E-state index contributed by atoms with van der Waals surface area (Å²) in [5.74, 6) is 1.28. The molecule has 2 rings (SSSR count). The fourth-order valence-corrected chi connectivity index (χ4v) is 2.72. The zero-order valence-electron chi connectivity index (χ0n) is 14.1. The Morgan fingerprint density at radius 2 is 2.04 bits per heavy atom. The number of carbonyl (C=O) groups excluding carboxylic acids is 1. The van der Waals surface area contributed by atoms with Crippen molar-refractivity contribution in [3.8, 4) is 0 Å². The highest BCUT2D eigenvalue weighted by molar-refractivity contribution is 6.33. The van der Waals surface area contributed by atoms with E-state index in [0.29, 0.717) is 54.7 Å². The van der Waals surface area contributed by atoms with Gasteiger partial charge in [0, 0.05) is 25.3 Å². The maximum atomic E-state index is 12.4. The monoisotopic (exact) mass is 339 g/mol. The molecule has 1 unspecified atom stereocenters. The molecule has 128 valence electrons. The van der Waals surface area contributed by atoms with Crippen LogP contribution < -0.4 is 5.32 Å². The van der Waals surface area contributed by atoms with Crippen LogP contribution in [0.1, 0.15) is 44.0 Å². The van der Waals surface area contributed by atoms with E-state index in [1.54, 1.807) is 17.2 Å². The number of nitrogens with one attached hydrogen (secondary N) is 1. The van der Waals surface area contributed by atoms with Crippen LogP contribution in [0.5, 0.6) is 0 Å². The molecule has 0 saturated carbocycles. The Hall–Kier alpha value is -1.33. The Bertz CT molecular complexity index is 531. The van der Waals surface area contributed by atoms with Gasteiger partial charge in [0.2, 0.25) is 0 Å². The first-order chi connectivity index (χ1) is 11.0. The van der Waals surface area contributed by atoms with E-state index >= 15 is 0 Å². The topological polar surface area (TPSA) is 54.5 Å². The van der Waals surface area contributed by atoms with Crippen molar-refractivity contribution >= 4 is 23.3 Å². The van der Waals surface area contributed by atoms with Crippen LogP contribution >= 0.6 is 11.6 Å². The van der Waals surface area contributed by atoms with E-state index in [2.05, 4.69) is 31.1 Å². The Morgan fingerprint density at radius 3 is 2.65 bits per heavy atom. The molecule has 0 aliphatic carbocycles. The summed E-state index contributed by atoms with van der Waals surface area (Å²) >= 11 is 6.30. The molecular weight excluding hydrogens is 314 g/mol. The van der Waals surface area contributed by atoms with Gasteiger partial charge in [-0.15, -0.1) is 0 Å². The average Bonchev–Trinajstić information content (AvgIpc) is 2.55. The maximum absolute atomic E-state index is 12.4. The molecular formula is C17H26ClN3O2. The largest absolute Gasteiger partial charge is 0.378 e. The van der Waals surface area contributed by atoms with Crippen LogP contribution in [0.2, 0.25) is 5.02 Å². The van der Waals surface area contributed by atoms with Gasteiger partial charge in [-0.25, -0.2) is 4.98 Å². The number of morpholine rings is 1. The summed E-state index contributed by atoms with van der Waals surface area (Å²) < 4.78 is 5.27. The molecule has 1 aliphatic heterocycles. The minimum absolute atomic E-state index is 0.0397. The average molecular weight is 340 g/mol. The molecule has 23 heavy (non-hydrogen) atoms. The number of nitrogens with zero attached hydrogens (tertiary/aromatic N) is 2. The van der Waals surface area contributed by atoms with Crippen molar-refractivity contribution in [3.63, 3.8) is 0 Å². The number of rotatable bonds is 6. The zero-order valence-corrected chi connectivity index (χ0v) is 14.9. The highest BCUT2D eigenvalue weighted by Crippen LogP contribution is 2.23. The molecule has 1 amide bonds. The van der Waals surface area contributed by atoms with Crippen LogP contribution in [0, 0.1) is 5.92 Å². The zero-order chi connectivity index (χ0) is 16.8. The number of carbonyl (C=O) groups is 1. The molecule has 1 aliphatic rings. The summed E-state index contributed by atoms with van der Waals surface area (Å²) in [6, 6.07) is 1.99. The highest BCUT2D eigenvalue weighted by atomic mass is 35.5. The van der Waals surface area contributed by atoms with Gasteiger partial charge in [-0.1, -0.05) is 25.4 Å². The normalized spacial score (nSPS) is 16.5. The summed E-state index contributed by atoms with van der Waals surface area (Å²) in [5, 5.41) is 3.81. The fourth-order valence-electron chi connectivity index (χ4n) is 2.50. The van der Waals surface area contributed by atoms with Crippen molar-refractivity contribution in [2.45, 2.75) is 39.7 Å². The summed E-state index contributed by atoms with van der Waals surface area (Å²) in [5.41, 5.74) is 0.525. The third kappa shape index (κ3) is 5.36. The van der Waals surface area contributed by atoms with Crippen LogP contribution in [-0.4, -0.2) is 48.1 Å². The molecule has 6 heteroatoms. The second-order valence-corrected chi connectivity index (χ2v) is 6.88. The molecule has 0 radical (unpaired) electrons. The van der Waals surface area contributed by atoms with E-state index in [-0.39, 0.29) is 5.91 Å². The molecule has 5 nitrogen and oxygen atoms in total. The molecule has 1 atom stereocenters. The van der Waals surface area contributed by atoms with Crippen molar-refractivity contribution in [3.05, 3.63) is 22.8 Å². The minimum atomic E-state index is -0.0397. The molecule has 1 aromatic rings. The van der Waals surface area contributed by atoms with Gasteiger partial charge in [-0.3, -0.25) is 4.79 Å². The molecule has 2 heterocycles. The molecule has 1 N–H and O–H groups in total. The van der Waals surface area contributed by atoms with Gasteiger partial charge < -0.3 is 15.0 Å². The van der Waals surface area contributed by atoms with Gasteiger partial charge in [0.05, 0.1) is 23.8 Å². The lowest BCUT2D eigenvalue weighted by atomic mass is 10.0. The summed E-state index contributed by atoms with van der Waals surface area (Å²) in [7, 11) is 0. The first-order valence-corrected chi connectivity index (χ1v) is 8.64. The standard InChI is InChI=1S/C17H26ClN3O2/c1-12(2)4-5-13(3)20-16-15(18)10-14(11-19-16)17(22)21-6-8-23-9-7-21/h10-13H,4-9H2,1-3H3,(H,19,20). The number of hydrogen-bond donors (Lipinski definition) is 1. The van der Waals surface area contributed by atoms with Gasteiger partial charge in [-0.2, -0.15) is 0 Å². The van der Waals surface area contributed by atoms with Crippen molar-refractivity contribution in [2.24, 2.45) is 5.92 Å². The third-order valence-corrected chi connectivity index (χ3v) is 4.23. The van der Waals surface area contributed by atoms with E-state index in [4.69, 9.17) is 16.3 Å². The number of amides is 1. The summed E-state index contributed by atoms with van der Waals surface area (Å²) in [6.45, 7) is 8.94. The lowest BCUT2D eigenvalue weighted by Crippen LogP contribution is -2.40. The fraction of sp³-hybridized carbons (Fsp3) is 0.647. The van der Waals surface area contributed by atoms with Gasteiger partial charge in [0.25, 0.3) is 5.91 Å². The van der Waals surface area contributed by atoms with Gasteiger partial charge in [0.1, 0.15) is 5.82 Å².